The molecule has 2 aromatic carbocycles. The molecule has 0 radical (unpaired) electrons. The summed E-state index contributed by atoms with van der Waals surface area (Å²) in [5.41, 5.74) is 2.67. The Kier molecular flexibility index (Phi) is 5.57. The predicted octanol–water partition coefficient (Wildman–Crippen LogP) is 4.51. The maximum atomic E-state index is 13.3. The van der Waals surface area contributed by atoms with Crippen LogP contribution in [0.1, 0.15) is 29.3 Å². The number of fused-ring (bicyclic) bond motifs is 1. The molecule has 0 spiro atoms. The molecule has 0 bridgehead atoms. The standard InChI is InChI=1S/C24H24BrN5O2/c1-16(23-26-22(27-32-23)17-8-4-3-5-9-17)29-12-14-30(15-13-29)24(31)21-20(25)18-10-6-7-11-19(18)28(21)2/h3-11,16H,12-15H2,1-2H3. The van der Waals surface area contributed by atoms with Gasteiger partial charge < -0.3 is 14.0 Å². The predicted molar refractivity (Wildman–Crippen MR) is 126 cm³/mol. The zero-order chi connectivity index (χ0) is 22.2. The van der Waals surface area contributed by atoms with E-state index in [2.05, 4.69) is 37.9 Å². The lowest BCUT2D eigenvalue weighted by Gasteiger charge is -2.36. The number of hydrogen-bond donors (Lipinski definition) is 0. The van der Waals surface area contributed by atoms with Crippen LogP contribution in [-0.2, 0) is 7.05 Å². The van der Waals surface area contributed by atoms with Gasteiger partial charge in [0, 0.05) is 49.7 Å². The van der Waals surface area contributed by atoms with Crippen molar-refractivity contribution in [3.05, 3.63) is 70.7 Å². The summed E-state index contributed by atoms with van der Waals surface area (Å²) >= 11 is 3.65. The molecule has 1 aliphatic rings. The average molecular weight is 494 g/mol. The van der Waals surface area contributed by atoms with Crippen molar-refractivity contribution >= 4 is 32.7 Å². The molecule has 2 aromatic heterocycles. The second-order valence-electron chi connectivity index (χ2n) is 8.07. The Hall–Kier alpha value is -2.97. The van der Waals surface area contributed by atoms with Gasteiger partial charge in [0.2, 0.25) is 11.7 Å². The summed E-state index contributed by atoms with van der Waals surface area (Å²) in [6.07, 6.45) is 0. The van der Waals surface area contributed by atoms with Crippen molar-refractivity contribution in [2.75, 3.05) is 26.2 Å². The number of carbonyl (C=O) groups excluding carboxylic acids is 1. The van der Waals surface area contributed by atoms with Crippen molar-refractivity contribution in [1.29, 1.82) is 0 Å². The first-order valence-corrected chi connectivity index (χ1v) is 11.5. The number of aryl methyl sites for hydroxylation is 1. The summed E-state index contributed by atoms with van der Waals surface area (Å²) in [6, 6.07) is 17.8. The van der Waals surface area contributed by atoms with Crippen molar-refractivity contribution in [3.8, 4) is 11.4 Å². The lowest BCUT2D eigenvalue weighted by atomic mass is 10.2. The molecule has 1 atom stereocenters. The molecule has 4 aromatic rings. The van der Waals surface area contributed by atoms with Crippen molar-refractivity contribution in [1.82, 2.24) is 24.5 Å². The van der Waals surface area contributed by atoms with Crippen molar-refractivity contribution in [2.24, 2.45) is 7.05 Å². The summed E-state index contributed by atoms with van der Waals surface area (Å²) < 4.78 is 8.38. The molecule has 1 aliphatic heterocycles. The minimum Gasteiger partial charge on any atom is -0.339 e. The normalized spacial score (nSPS) is 15.9. The molecular weight excluding hydrogens is 470 g/mol. The highest BCUT2D eigenvalue weighted by atomic mass is 79.9. The number of amides is 1. The van der Waals surface area contributed by atoms with E-state index in [4.69, 9.17) is 4.52 Å². The third kappa shape index (κ3) is 3.63. The Morgan fingerprint density at radius 2 is 1.72 bits per heavy atom. The van der Waals surface area contributed by atoms with E-state index in [1.807, 2.05) is 71.1 Å². The van der Waals surface area contributed by atoms with Crippen LogP contribution in [0, 0.1) is 0 Å². The van der Waals surface area contributed by atoms with Crippen LogP contribution in [0.4, 0.5) is 0 Å². The lowest BCUT2D eigenvalue weighted by molar-refractivity contribution is 0.0543. The van der Waals surface area contributed by atoms with Gasteiger partial charge in [-0.25, -0.2) is 0 Å². The molecule has 3 heterocycles. The molecule has 0 saturated carbocycles. The molecule has 8 heteroatoms. The number of piperazine rings is 1. The molecule has 0 aliphatic carbocycles. The second-order valence-corrected chi connectivity index (χ2v) is 8.86. The first-order valence-electron chi connectivity index (χ1n) is 10.7. The van der Waals surface area contributed by atoms with E-state index >= 15 is 0 Å². The topological polar surface area (TPSA) is 67.4 Å². The summed E-state index contributed by atoms with van der Waals surface area (Å²) in [7, 11) is 1.94. The molecule has 5 rings (SSSR count). The number of nitrogens with zero attached hydrogens (tertiary/aromatic N) is 5. The quantitative estimate of drug-likeness (QED) is 0.418. The minimum atomic E-state index is -0.0124. The lowest BCUT2D eigenvalue weighted by Crippen LogP contribution is -2.49. The van der Waals surface area contributed by atoms with E-state index in [0.29, 0.717) is 30.5 Å². The summed E-state index contributed by atoms with van der Waals surface area (Å²) in [5, 5.41) is 5.19. The SMILES string of the molecule is CC(c1nc(-c2ccccc2)no1)N1CCN(C(=O)c2c(Br)c3ccccc3n2C)CC1. The van der Waals surface area contributed by atoms with Gasteiger partial charge >= 0.3 is 0 Å². The van der Waals surface area contributed by atoms with Crippen LogP contribution in [-0.4, -0.2) is 56.6 Å². The van der Waals surface area contributed by atoms with Crippen LogP contribution in [0.2, 0.25) is 0 Å². The fraction of sp³-hybridized carbons (Fsp3) is 0.292. The maximum Gasteiger partial charge on any atom is 0.271 e. The first-order chi connectivity index (χ1) is 15.5. The zero-order valence-electron chi connectivity index (χ0n) is 18.0. The maximum absolute atomic E-state index is 13.3. The van der Waals surface area contributed by atoms with Crippen molar-refractivity contribution in [2.45, 2.75) is 13.0 Å². The molecule has 1 saturated heterocycles. The van der Waals surface area contributed by atoms with Crippen LogP contribution >= 0.6 is 15.9 Å². The number of rotatable bonds is 4. The molecule has 7 nitrogen and oxygen atoms in total. The van der Waals surface area contributed by atoms with E-state index in [1.165, 1.54) is 0 Å². The largest absolute Gasteiger partial charge is 0.339 e. The minimum absolute atomic E-state index is 0.0124. The Morgan fingerprint density at radius 3 is 2.44 bits per heavy atom. The highest BCUT2D eigenvalue weighted by Gasteiger charge is 2.30. The van der Waals surface area contributed by atoms with Crippen LogP contribution in [0.3, 0.4) is 0 Å². The first kappa shape index (κ1) is 20.9. The van der Waals surface area contributed by atoms with Gasteiger partial charge in [-0.3, -0.25) is 9.69 Å². The van der Waals surface area contributed by atoms with Crippen molar-refractivity contribution in [3.63, 3.8) is 0 Å². The molecule has 164 valence electrons. The van der Waals surface area contributed by atoms with Gasteiger partial charge in [-0.15, -0.1) is 0 Å². The Bertz CT molecular complexity index is 1220. The smallest absolute Gasteiger partial charge is 0.271 e. The fourth-order valence-electron chi connectivity index (χ4n) is 4.31. The van der Waals surface area contributed by atoms with Gasteiger partial charge in [0.1, 0.15) is 5.69 Å². The van der Waals surface area contributed by atoms with Gasteiger partial charge in [-0.1, -0.05) is 53.7 Å². The Labute approximate surface area is 194 Å². The Morgan fingerprint density at radius 1 is 1.03 bits per heavy atom. The molecule has 32 heavy (non-hydrogen) atoms. The van der Waals surface area contributed by atoms with Gasteiger partial charge in [0.25, 0.3) is 5.91 Å². The molecule has 1 amide bonds. The van der Waals surface area contributed by atoms with Crippen LogP contribution in [0.5, 0.6) is 0 Å². The summed E-state index contributed by atoms with van der Waals surface area (Å²) in [6.45, 7) is 4.86. The van der Waals surface area contributed by atoms with Crippen molar-refractivity contribution < 1.29 is 9.32 Å². The number of para-hydroxylation sites is 1. The van der Waals surface area contributed by atoms with E-state index in [1.54, 1.807) is 0 Å². The average Bonchev–Trinajstić information content (AvgIpc) is 3.43. The van der Waals surface area contributed by atoms with E-state index in [-0.39, 0.29) is 11.9 Å². The third-order valence-electron chi connectivity index (χ3n) is 6.23. The highest BCUT2D eigenvalue weighted by Crippen LogP contribution is 2.31. The molecule has 0 N–H and O–H groups in total. The van der Waals surface area contributed by atoms with Gasteiger partial charge in [-0.05, 0) is 28.9 Å². The fourth-order valence-corrected chi connectivity index (χ4v) is 5.08. The summed E-state index contributed by atoms with van der Waals surface area (Å²) in [4.78, 5) is 22.1. The van der Waals surface area contributed by atoms with Gasteiger partial charge in [0.15, 0.2) is 0 Å². The third-order valence-corrected chi connectivity index (χ3v) is 7.03. The van der Waals surface area contributed by atoms with Crippen LogP contribution in [0.15, 0.2) is 63.6 Å². The number of carbonyl (C=O) groups is 1. The number of halogens is 1. The number of hydrogen-bond acceptors (Lipinski definition) is 5. The molecular formula is C24H24BrN5O2. The molecule has 1 fully saturated rings. The Balaban J connectivity index is 1.27. The van der Waals surface area contributed by atoms with E-state index < -0.39 is 0 Å². The van der Waals surface area contributed by atoms with E-state index in [9.17, 15) is 4.79 Å². The zero-order valence-corrected chi connectivity index (χ0v) is 19.6. The second kappa shape index (κ2) is 8.52. The van der Waals surface area contributed by atoms with Crippen LogP contribution < -0.4 is 0 Å². The van der Waals surface area contributed by atoms with Gasteiger partial charge in [0.05, 0.1) is 10.5 Å². The van der Waals surface area contributed by atoms with Crippen LogP contribution in [0.25, 0.3) is 22.3 Å². The van der Waals surface area contributed by atoms with E-state index in [0.717, 1.165) is 34.0 Å². The number of benzene rings is 2. The highest BCUT2D eigenvalue weighted by molar-refractivity contribution is 9.10. The molecule has 1 unspecified atom stereocenters. The summed E-state index contributed by atoms with van der Waals surface area (Å²) in [5.74, 6) is 1.24. The number of aromatic nitrogens is 3. The van der Waals surface area contributed by atoms with Gasteiger partial charge in [-0.2, -0.15) is 4.98 Å². The monoisotopic (exact) mass is 493 g/mol.